The number of halogens is 4. The van der Waals surface area contributed by atoms with Gasteiger partial charge in [-0.1, -0.05) is 34.7 Å². The van der Waals surface area contributed by atoms with Gasteiger partial charge >= 0.3 is 6.18 Å². The average molecular weight is 408 g/mol. The third-order valence-electron chi connectivity index (χ3n) is 3.64. The van der Waals surface area contributed by atoms with Crippen LogP contribution >= 0.6 is 22.6 Å². The summed E-state index contributed by atoms with van der Waals surface area (Å²) < 4.78 is 39.0. The first-order chi connectivity index (χ1) is 9.66. The van der Waals surface area contributed by atoms with Gasteiger partial charge in [0.2, 0.25) is 5.91 Å². The lowest BCUT2D eigenvalue weighted by molar-refractivity contribution is -0.122. The number of hydrogen-bond donors (Lipinski definition) is 2. The molecule has 0 aromatic rings. The highest BCUT2D eigenvalue weighted by molar-refractivity contribution is 14.1. The van der Waals surface area contributed by atoms with Crippen molar-refractivity contribution in [3.63, 3.8) is 0 Å². The lowest BCUT2D eigenvalue weighted by Gasteiger charge is -2.38. The van der Waals surface area contributed by atoms with Gasteiger partial charge in [0.05, 0.1) is 6.04 Å². The van der Waals surface area contributed by atoms with E-state index in [1.54, 1.807) is 12.2 Å². The Morgan fingerprint density at radius 3 is 2.71 bits per heavy atom. The highest BCUT2D eigenvalue weighted by Gasteiger charge is 2.45. The minimum absolute atomic E-state index is 0.296. The Morgan fingerprint density at radius 2 is 2.05 bits per heavy atom. The maximum absolute atomic E-state index is 13.1. The molecule has 112 valence electrons. The van der Waals surface area contributed by atoms with E-state index < -0.39 is 29.6 Å². The molecule has 2 N–H and O–H groups in total. The second-order valence-electron chi connectivity index (χ2n) is 5.39. The molecular weight excluding hydrogens is 396 g/mol. The smallest absolute Gasteiger partial charge is 0.368 e. The van der Waals surface area contributed by atoms with Crippen molar-refractivity contribution in [2.75, 3.05) is 0 Å². The van der Waals surface area contributed by atoms with Crippen LogP contribution in [0.4, 0.5) is 13.2 Å². The Labute approximate surface area is 133 Å². The first-order valence-electron chi connectivity index (χ1n) is 6.35. The molecule has 0 radical (unpaired) electrons. The summed E-state index contributed by atoms with van der Waals surface area (Å²) in [5, 5.41) is 5.81. The number of fused-ring (bicyclic) bond motifs is 2. The zero-order chi connectivity index (χ0) is 15.4. The number of carbonyl (C=O) groups excluding carboxylic acids is 1. The summed E-state index contributed by atoms with van der Waals surface area (Å²) in [5.41, 5.74) is 0.673. The summed E-state index contributed by atoms with van der Waals surface area (Å²) in [6.45, 7) is 1.95. The maximum atomic E-state index is 13.1. The van der Waals surface area contributed by atoms with E-state index in [1.807, 2.05) is 19.1 Å². The molecule has 0 saturated heterocycles. The van der Waals surface area contributed by atoms with Crippen LogP contribution < -0.4 is 10.6 Å². The minimum atomic E-state index is -4.51. The van der Waals surface area contributed by atoms with Gasteiger partial charge in [-0.2, -0.15) is 13.2 Å². The van der Waals surface area contributed by atoms with Gasteiger partial charge in [-0.25, -0.2) is 0 Å². The third-order valence-corrected chi connectivity index (χ3v) is 4.27. The van der Waals surface area contributed by atoms with Gasteiger partial charge in [0.1, 0.15) is 3.55 Å². The molecule has 3 rings (SSSR count). The van der Waals surface area contributed by atoms with Crippen molar-refractivity contribution in [2.45, 2.75) is 22.7 Å². The standard InChI is InChI=1S/C14H12F3IN2O/c1-13(18)3-2-7-4-8-9(14(15,16)17)5-12(21)19-11(8)6-10(7)20-13/h2-6,8,11,20H,1H3,(H,19,21). The molecule has 3 atom stereocenters. The van der Waals surface area contributed by atoms with Gasteiger partial charge in [0.25, 0.3) is 0 Å². The fourth-order valence-electron chi connectivity index (χ4n) is 2.71. The molecule has 3 aliphatic rings. The van der Waals surface area contributed by atoms with Crippen molar-refractivity contribution >= 4 is 28.5 Å². The van der Waals surface area contributed by atoms with Crippen LogP contribution in [-0.4, -0.2) is 21.7 Å². The number of nitrogens with one attached hydrogen (secondary N) is 2. The highest BCUT2D eigenvalue weighted by atomic mass is 127. The largest absolute Gasteiger partial charge is 0.413 e. The summed E-state index contributed by atoms with van der Waals surface area (Å²) >= 11 is 2.20. The predicted molar refractivity (Wildman–Crippen MR) is 80.4 cm³/mol. The monoisotopic (exact) mass is 408 g/mol. The third kappa shape index (κ3) is 2.75. The Hall–Kier alpha value is -1.25. The number of allylic oxidation sites excluding steroid dienone is 1. The van der Waals surface area contributed by atoms with Crippen LogP contribution in [0.5, 0.6) is 0 Å². The van der Waals surface area contributed by atoms with Gasteiger partial charge in [0, 0.05) is 23.3 Å². The Morgan fingerprint density at radius 1 is 1.33 bits per heavy atom. The molecule has 0 aromatic carbocycles. The summed E-state index contributed by atoms with van der Waals surface area (Å²) in [5.74, 6) is -1.59. The van der Waals surface area contributed by atoms with E-state index in [0.29, 0.717) is 6.08 Å². The average Bonchev–Trinajstić information content (AvgIpc) is 2.33. The van der Waals surface area contributed by atoms with Crippen molar-refractivity contribution in [3.05, 3.63) is 47.2 Å². The Bertz CT molecular complexity index is 629. The van der Waals surface area contributed by atoms with Crippen LogP contribution in [0.2, 0.25) is 0 Å². The molecule has 3 nitrogen and oxygen atoms in total. The number of rotatable bonds is 0. The topological polar surface area (TPSA) is 41.1 Å². The van der Waals surface area contributed by atoms with Gasteiger partial charge < -0.3 is 10.6 Å². The van der Waals surface area contributed by atoms with E-state index in [-0.39, 0.29) is 3.55 Å². The van der Waals surface area contributed by atoms with E-state index in [0.717, 1.165) is 11.3 Å². The summed E-state index contributed by atoms with van der Waals surface area (Å²) in [6, 6.07) is -0.677. The lowest BCUT2D eigenvalue weighted by Crippen LogP contribution is -2.48. The number of alkyl halides is 4. The fourth-order valence-corrected chi connectivity index (χ4v) is 3.18. The SMILES string of the molecule is CC1(I)C=CC2=CC3C(C(F)(F)F)=CC(=O)NC3C=C2N1. The normalized spacial score (nSPS) is 34.7. The first-order valence-corrected chi connectivity index (χ1v) is 7.43. The predicted octanol–water partition coefficient (Wildman–Crippen LogP) is 2.72. The molecular formula is C14H12F3IN2O. The number of amides is 1. The van der Waals surface area contributed by atoms with Gasteiger partial charge in [-0.05, 0) is 24.6 Å². The Balaban J connectivity index is 2.04. The molecule has 2 aliphatic heterocycles. The van der Waals surface area contributed by atoms with Crippen LogP contribution in [0, 0.1) is 5.92 Å². The zero-order valence-electron chi connectivity index (χ0n) is 11.0. The maximum Gasteiger partial charge on any atom is 0.413 e. The molecule has 0 bridgehead atoms. The van der Waals surface area contributed by atoms with Crippen LogP contribution in [0.3, 0.4) is 0 Å². The Kier molecular flexibility index (Phi) is 3.23. The summed E-state index contributed by atoms with van der Waals surface area (Å²) in [7, 11) is 0. The van der Waals surface area contributed by atoms with Gasteiger partial charge in [0.15, 0.2) is 0 Å². The van der Waals surface area contributed by atoms with E-state index in [9.17, 15) is 18.0 Å². The van der Waals surface area contributed by atoms with E-state index >= 15 is 0 Å². The number of hydrogen-bond acceptors (Lipinski definition) is 2. The van der Waals surface area contributed by atoms with E-state index in [4.69, 9.17) is 0 Å². The van der Waals surface area contributed by atoms with Gasteiger partial charge in [-0.3, -0.25) is 4.79 Å². The minimum Gasteiger partial charge on any atom is -0.368 e. The van der Waals surface area contributed by atoms with Crippen molar-refractivity contribution in [2.24, 2.45) is 5.92 Å². The first kappa shape index (κ1) is 14.7. The summed E-state index contributed by atoms with van der Waals surface area (Å²) in [6.07, 6.45) is 3.09. The van der Waals surface area contributed by atoms with Gasteiger partial charge in [-0.15, -0.1) is 0 Å². The van der Waals surface area contributed by atoms with Crippen LogP contribution in [0.25, 0.3) is 0 Å². The molecule has 2 heterocycles. The van der Waals surface area contributed by atoms with Crippen LogP contribution in [-0.2, 0) is 4.79 Å². The van der Waals surface area contributed by atoms with Crippen LogP contribution in [0.15, 0.2) is 47.2 Å². The molecule has 1 amide bonds. The van der Waals surface area contributed by atoms with E-state index in [2.05, 4.69) is 33.2 Å². The molecule has 0 fully saturated rings. The molecule has 0 aromatic heterocycles. The second kappa shape index (κ2) is 4.62. The van der Waals surface area contributed by atoms with Crippen molar-refractivity contribution < 1.29 is 18.0 Å². The summed E-state index contributed by atoms with van der Waals surface area (Å²) in [4.78, 5) is 11.5. The van der Waals surface area contributed by atoms with Crippen molar-refractivity contribution in [1.29, 1.82) is 0 Å². The second-order valence-corrected chi connectivity index (χ2v) is 7.63. The molecule has 21 heavy (non-hydrogen) atoms. The molecule has 0 saturated carbocycles. The quantitative estimate of drug-likeness (QED) is 0.368. The van der Waals surface area contributed by atoms with E-state index in [1.165, 1.54) is 0 Å². The lowest BCUT2D eigenvalue weighted by atomic mass is 9.80. The van der Waals surface area contributed by atoms with Crippen molar-refractivity contribution in [1.82, 2.24) is 10.6 Å². The molecule has 7 heteroatoms. The fraction of sp³-hybridized carbons (Fsp3) is 0.357. The zero-order valence-corrected chi connectivity index (χ0v) is 13.1. The number of carbonyl (C=O) groups is 1. The molecule has 3 unspecified atom stereocenters. The molecule has 1 aliphatic carbocycles. The molecule has 0 spiro atoms. The van der Waals surface area contributed by atoms with Crippen LogP contribution in [0.1, 0.15) is 6.92 Å². The van der Waals surface area contributed by atoms with Crippen molar-refractivity contribution in [3.8, 4) is 0 Å². The highest BCUT2D eigenvalue weighted by Crippen LogP contribution is 2.40.